The van der Waals surface area contributed by atoms with Crippen molar-refractivity contribution in [2.45, 2.75) is 77.2 Å². The van der Waals surface area contributed by atoms with E-state index < -0.39 is 0 Å². The summed E-state index contributed by atoms with van der Waals surface area (Å²) in [5.41, 5.74) is 1.67. The van der Waals surface area contributed by atoms with Gasteiger partial charge in [0, 0.05) is 15.8 Å². The van der Waals surface area contributed by atoms with Crippen LogP contribution >= 0.6 is 11.3 Å². The molecule has 0 amide bonds. The Hall–Kier alpha value is -0.340. The van der Waals surface area contributed by atoms with Crippen LogP contribution in [0.4, 0.5) is 0 Å². The van der Waals surface area contributed by atoms with Crippen molar-refractivity contribution in [3.8, 4) is 0 Å². The van der Waals surface area contributed by atoms with E-state index >= 15 is 0 Å². The van der Waals surface area contributed by atoms with Crippen LogP contribution in [0.25, 0.3) is 0 Å². The second kappa shape index (κ2) is 7.09. The van der Waals surface area contributed by atoms with E-state index in [0.29, 0.717) is 6.04 Å². The molecule has 0 radical (unpaired) electrons. The molecule has 0 aliphatic heterocycles. The molecule has 1 saturated carbocycles. The molecular formula is C18H29NS. The van der Waals surface area contributed by atoms with Crippen LogP contribution in [-0.4, -0.2) is 6.54 Å². The molecule has 1 unspecified atom stereocenters. The molecule has 20 heavy (non-hydrogen) atoms. The van der Waals surface area contributed by atoms with Crippen molar-refractivity contribution in [2.24, 2.45) is 5.92 Å². The second-order valence-corrected chi connectivity index (χ2v) is 7.87. The molecule has 3 rings (SSSR count). The van der Waals surface area contributed by atoms with Gasteiger partial charge in [-0.15, -0.1) is 11.3 Å². The highest BCUT2D eigenvalue weighted by Gasteiger charge is 2.23. The van der Waals surface area contributed by atoms with Crippen LogP contribution in [0.1, 0.15) is 79.6 Å². The summed E-state index contributed by atoms with van der Waals surface area (Å²) in [4.78, 5) is 3.33. The van der Waals surface area contributed by atoms with E-state index in [9.17, 15) is 0 Å². The average Bonchev–Trinajstić information content (AvgIpc) is 3.12. The fourth-order valence-corrected chi connectivity index (χ4v) is 5.23. The molecule has 0 spiro atoms. The van der Waals surface area contributed by atoms with Crippen molar-refractivity contribution in [3.05, 3.63) is 21.4 Å². The molecule has 1 nitrogen and oxygen atoms in total. The van der Waals surface area contributed by atoms with Crippen LogP contribution in [0.3, 0.4) is 0 Å². The minimum Gasteiger partial charge on any atom is -0.309 e. The highest BCUT2D eigenvalue weighted by atomic mass is 32.1. The van der Waals surface area contributed by atoms with Crippen LogP contribution in [0.15, 0.2) is 6.07 Å². The van der Waals surface area contributed by atoms with Gasteiger partial charge in [-0.2, -0.15) is 0 Å². The summed E-state index contributed by atoms with van der Waals surface area (Å²) in [7, 11) is 0. The van der Waals surface area contributed by atoms with Crippen molar-refractivity contribution < 1.29 is 0 Å². The first kappa shape index (κ1) is 14.6. The molecule has 112 valence electrons. The molecule has 1 aromatic heterocycles. The summed E-state index contributed by atoms with van der Waals surface area (Å²) in [6, 6.07) is 3.18. The van der Waals surface area contributed by atoms with Gasteiger partial charge in [-0.05, 0) is 62.6 Å². The van der Waals surface area contributed by atoms with Crippen molar-refractivity contribution >= 4 is 11.3 Å². The normalized spacial score (nSPS) is 21.1. The highest BCUT2D eigenvalue weighted by Crippen LogP contribution is 2.38. The summed E-state index contributed by atoms with van der Waals surface area (Å²) in [6.07, 6.45) is 14.0. The molecule has 1 aromatic rings. The number of hydrogen-bond acceptors (Lipinski definition) is 2. The summed E-state index contributed by atoms with van der Waals surface area (Å²) < 4.78 is 0. The van der Waals surface area contributed by atoms with Crippen LogP contribution in [0.5, 0.6) is 0 Å². The van der Waals surface area contributed by atoms with Crippen molar-refractivity contribution in [1.29, 1.82) is 0 Å². The molecule has 0 bridgehead atoms. The van der Waals surface area contributed by atoms with Crippen LogP contribution < -0.4 is 5.32 Å². The van der Waals surface area contributed by atoms with Gasteiger partial charge < -0.3 is 5.32 Å². The van der Waals surface area contributed by atoms with Gasteiger partial charge in [0.15, 0.2) is 0 Å². The monoisotopic (exact) mass is 291 g/mol. The van der Waals surface area contributed by atoms with E-state index in [-0.39, 0.29) is 0 Å². The Kier molecular flexibility index (Phi) is 5.17. The first-order valence-electron chi connectivity index (χ1n) is 8.71. The van der Waals surface area contributed by atoms with Gasteiger partial charge in [0.1, 0.15) is 0 Å². The van der Waals surface area contributed by atoms with Crippen LogP contribution in [0, 0.1) is 5.92 Å². The lowest BCUT2D eigenvalue weighted by Crippen LogP contribution is -2.23. The molecule has 0 aromatic carbocycles. The number of thiophene rings is 1. The standard InChI is InChI=1S/C18H29NS/c1-2-11-19-16(12-14-7-3-4-8-14)18-13-15-9-5-6-10-17(15)20-18/h13-14,16,19H,2-12H2,1H3. The molecule has 2 heteroatoms. The largest absolute Gasteiger partial charge is 0.309 e. The van der Waals surface area contributed by atoms with Gasteiger partial charge in [-0.25, -0.2) is 0 Å². The third-order valence-corrected chi connectivity index (χ3v) is 6.39. The molecule has 1 N–H and O–H groups in total. The third kappa shape index (κ3) is 3.46. The number of nitrogens with one attached hydrogen (secondary N) is 1. The molecule has 2 aliphatic carbocycles. The van der Waals surface area contributed by atoms with Crippen molar-refractivity contribution in [2.75, 3.05) is 6.54 Å². The quantitative estimate of drug-likeness (QED) is 0.755. The smallest absolute Gasteiger partial charge is 0.0417 e. The van der Waals surface area contributed by atoms with E-state index in [2.05, 4.69) is 29.6 Å². The zero-order chi connectivity index (χ0) is 13.8. The summed E-state index contributed by atoms with van der Waals surface area (Å²) >= 11 is 2.11. The highest BCUT2D eigenvalue weighted by molar-refractivity contribution is 7.12. The fraction of sp³-hybridized carbons (Fsp3) is 0.778. The molecular weight excluding hydrogens is 262 g/mol. The van der Waals surface area contributed by atoms with Crippen LogP contribution in [0.2, 0.25) is 0 Å². The van der Waals surface area contributed by atoms with Gasteiger partial charge in [-0.3, -0.25) is 0 Å². The Morgan fingerprint density at radius 3 is 2.75 bits per heavy atom. The number of hydrogen-bond donors (Lipinski definition) is 1. The zero-order valence-corrected chi connectivity index (χ0v) is 13.7. The Morgan fingerprint density at radius 2 is 2.00 bits per heavy atom. The minimum atomic E-state index is 0.633. The molecule has 1 atom stereocenters. The zero-order valence-electron chi connectivity index (χ0n) is 12.9. The van der Waals surface area contributed by atoms with Crippen molar-refractivity contribution in [3.63, 3.8) is 0 Å². The lowest BCUT2D eigenvalue weighted by Gasteiger charge is -2.21. The maximum absolute atomic E-state index is 3.83. The summed E-state index contributed by atoms with van der Waals surface area (Å²) in [5.74, 6) is 0.975. The Balaban J connectivity index is 1.71. The Bertz CT molecular complexity index is 394. The van der Waals surface area contributed by atoms with E-state index in [1.807, 2.05) is 0 Å². The minimum absolute atomic E-state index is 0.633. The lowest BCUT2D eigenvalue weighted by atomic mass is 9.95. The molecule has 1 heterocycles. The van der Waals surface area contributed by atoms with E-state index in [1.165, 1.54) is 70.8 Å². The number of aryl methyl sites for hydroxylation is 2. The topological polar surface area (TPSA) is 12.0 Å². The van der Waals surface area contributed by atoms with E-state index in [1.54, 1.807) is 15.3 Å². The van der Waals surface area contributed by atoms with Gasteiger partial charge in [0.05, 0.1) is 0 Å². The lowest BCUT2D eigenvalue weighted by molar-refractivity contribution is 0.399. The summed E-state index contributed by atoms with van der Waals surface area (Å²) in [6.45, 7) is 3.44. The van der Waals surface area contributed by atoms with Crippen molar-refractivity contribution in [1.82, 2.24) is 5.32 Å². The maximum Gasteiger partial charge on any atom is 0.0417 e. The predicted octanol–water partition coefficient (Wildman–Crippen LogP) is 5.25. The van der Waals surface area contributed by atoms with E-state index in [0.717, 1.165) is 5.92 Å². The second-order valence-electron chi connectivity index (χ2n) is 6.70. The van der Waals surface area contributed by atoms with Gasteiger partial charge in [0.25, 0.3) is 0 Å². The maximum atomic E-state index is 3.83. The fourth-order valence-electron chi connectivity index (χ4n) is 3.88. The molecule has 2 aliphatic rings. The predicted molar refractivity (Wildman–Crippen MR) is 88.6 cm³/mol. The van der Waals surface area contributed by atoms with E-state index in [4.69, 9.17) is 0 Å². The van der Waals surface area contributed by atoms with Gasteiger partial charge >= 0.3 is 0 Å². The van der Waals surface area contributed by atoms with Gasteiger partial charge in [-0.1, -0.05) is 32.6 Å². The first-order valence-corrected chi connectivity index (χ1v) is 9.53. The van der Waals surface area contributed by atoms with Gasteiger partial charge in [0.2, 0.25) is 0 Å². The Morgan fingerprint density at radius 1 is 1.20 bits per heavy atom. The molecule has 1 fully saturated rings. The molecule has 0 saturated heterocycles. The van der Waals surface area contributed by atoms with Crippen LogP contribution in [-0.2, 0) is 12.8 Å². The summed E-state index contributed by atoms with van der Waals surface area (Å²) in [5, 5.41) is 3.83. The SMILES string of the molecule is CCCNC(CC1CCCC1)c1cc2c(s1)CCCC2. The number of fused-ring (bicyclic) bond motifs is 1. The average molecular weight is 292 g/mol. The third-order valence-electron chi connectivity index (χ3n) is 5.04. The first-order chi connectivity index (χ1) is 9.86. The Labute approximate surface area is 128 Å². The number of rotatable bonds is 6.